The molecule has 0 spiro atoms. The molecule has 5 nitrogen and oxygen atoms in total. The van der Waals surface area contributed by atoms with Crippen LogP contribution in [0.3, 0.4) is 0 Å². The van der Waals surface area contributed by atoms with E-state index in [0.29, 0.717) is 13.2 Å². The van der Waals surface area contributed by atoms with Crippen LogP contribution >= 0.6 is 0 Å². The number of rotatable bonds is 6. The molecule has 23 heavy (non-hydrogen) atoms. The number of ether oxygens (including phenoxy) is 3. The van der Waals surface area contributed by atoms with Gasteiger partial charge in [-0.15, -0.1) is 0 Å². The van der Waals surface area contributed by atoms with E-state index in [4.69, 9.17) is 14.2 Å². The molecule has 2 rings (SSSR count). The van der Waals surface area contributed by atoms with Gasteiger partial charge >= 0.3 is 0 Å². The van der Waals surface area contributed by atoms with E-state index in [-0.39, 0.29) is 5.60 Å². The number of β-amino-alcohol motifs (C(OH)–C–C–N with tert-alkyl or cyclic N) is 1. The summed E-state index contributed by atoms with van der Waals surface area (Å²) in [5, 5.41) is 10.2. The molecule has 0 amide bonds. The third-order valence-corrected chi connectivity index (χ3v) is 3.97. The molecule has 0 radical (unpaired) electrons. The number of nitrogens with zero attached hydrogens (tertiary/aromatic N) is 1. The lowest BCUT2D eigenvalue weighted by Crippen LogP contribution is -2.39. The second-order valence-corrected chi connectivity index (χ2v) is 7.04. The van der Waals surface area contributed by atoms with Crippen LogP contribution in [0.2, 0.25) is 0 Å². The fourth-order valence-electron chi connectivity index (χ4n) is 2.79. The van der Waals surface area contributed by atoms with Gasteiger partial charge in [0.2, 0.25) is 0 Å². The van der Waals surface area contributed by atoms with Crippen molar-refractivity contribution in [1.82, 2.24) is 4.90 Å². The Balaban J connectivity index is 1.97. The molecule has 1 heterocycles. The molecule has 0 saturated carbocycles. The minimum atomic E-state index is -0.476. The molecule has 5 heteroatoms. The average Bonchev–Trinajstić information content (AvgIpc) is 2.50. The van der Waals surface area contributed by atoms with E-state index in [1.807, 2.05) is 26.8 Å². The predicted molar refractivity (Wildman–Crippen MR) is 90.2 cm³/mol. The molecule has 0 bridgehead atoms. The number of hydrogen-bond donors (Lipinski definition) is 1. The largest absolute Gasteiger partial charge is 0.493 e. The van der Waals surface area contributed by atoms with E-state index in [1.165, 1.54) is 11.1 Å². The first kappa shape index (κ1) is 18.0. The van der Waals surface area contributed by atoms with Crippen LogP contribution in [0.5, 0.6) is 11.5 Å². The number of aliphatic hydroxyl groups is 1. The predicted octanol–water partition coefficient (Wildman–Crippen LogP) is 2.24. The summed E-state index contributed by atoms with van der Waals surface area (Å²) in [7, 11) is 3.31. The second-order valence-electron chi connectivity index (χ2n) is 7.04. The highest BCUT2D eigenvalue weighted by Crippen LogP contribution is 2.33. The van der Waals surface area contributed by atoms with Crippen LogP contribution < -0.4 is 9.47 Å². The summed E-state index contributed by atoms with van der Waals surface area (Å²) in [4.78, 5) is 2.25. The summed E-state index contributed by atoms with van der Waals surface area (Å²) in [5.74, 6) is 1.53. The van der Waals surface area contributed by atoms with Gasteiger partial charge in [0.25, 0.3) is 0 Å². The third kappa shape index (κ3) is 5.09. The number of hydrogen-bond acceptors (Lipinski definition) is 5. The van der Waals surface area contributed by atoms with Gasteiger partial charge in [0, 0.05) is 19.6 Å². The minimum Gasteiger partial charge on any atom is -0.493 e. The van der Waals surface area contributed by atoms with Crippen molar-refractivity contribution in [2.75, 3.05) is 33.9 Å². The first-order valence-corrected chi connectivity index (χ1v) is 8.10. The number of fused-ring (bicyclic) bond motifs is 1. The molecular weight excluding hydrogens is 294 g/mol. The molecule has 1 atom stereocenters. The van der Waals surface area contributed by atoms with Gasteiger partial charge in [-0.3, -0.25) is 4.90 Å². The first-order chi connectivity index (χ1) is 10.8. The topological polar surface area (TPSA) is 51.2 Å². The highest BCUT2D eigenvalue weighted by Gasteiger charge is 2.22. The molecule has 0 saturated heterocycles. The lowest BCUT2D eigenvalue weighted by Gasteiger charge is -2.31. The smallest absolute Gasteiger partial charge is 0.161 e. The highest BCUT2D eigenvalue weighted by atomic mass is 16.5. The summed E-state index contributed by atoms with van der Waals surface area (Å²) in [5.41, 5.74) is 2.30. The zero-order valence-corrected chi connectivity index (χ0v) is 14.9. The van der Waals surface area contributed by atoms with Crippen LogP contribution in [0.15, 0.2) is 12.1 Å². The van der Waals surface area contributed by atoms with Crippen molar-refractivity contribution in [3.8, 4) is 11.5 Å². The summed E-state index contributed by atoms with van der Waals surface area (Å²) in [6, 6.07) is 4.10. The Morgan fingerprint density at radius 2 is 1.74 bits per heavy atom. The molecule has 1 N–H and O–H groups in total. The zero-order chi connectivity index (χ0) is 17.0. The summed E-state index contributed by atoms with van der Waals surface area (Å²) in [6.07, 6.45) is 0.471. The van der Waals surface area contributed by atoms with Gasteiger partial charge in [-0.25, -0.2) is 0 Å². The van der Waals surface area contributed by atoms with Gasteiger partial charge in [-0.1, -0.05) is 0 Å². The summed E-state index contributed by atoms with van der Waals surface area (Å²) in [6.45, 7) is 8.70. The highest BCUT2D eigenvalue weighted by molar-refractivity contribution is 5.48. The Kier molecular flexibility index (Phi) is 5.89. The molecule has 0 fully saturated rings. The standard InChI is InChI=1S/C18H29NO4/c1-18(2,3)23-12-15(20)11-19-7-6-13-8-16(21-4)17(22-5)9-14(13)10-19/h8-9,15,20H,6-7,10-12H2,1-5H3/t15-/m0/s1. The minimum absolute atomic E-state index is 0.223. The lowest BCUT2D eigenvalue weighted by molar-refractivity contribution is -0.0569. The van der Waals surface area contributed by atoms with Gasteiger partial charge in [-0.2, -0.15) is 0 Å². The average molecular weight is 323 g/mol. The fraction of sp³-hybridized carbons (Fsp3) is 0.667. The fourth-order valence-corrected chi connectivity index (χ4v) is 2.79. The van der Waals surface area contributed by atoms with Crippen molar-refractivity contribution in [1.29, 1.82) is 0 Å². The molecular formula is C18H29NO4. The van der Waals surface area contributed by atoms with Gasteiger partial charge in [-0.05, 0) is 50.5 Å². The van der Waals surface area contributed by atoms with Crippen LogP contribution in [0.25, 0.3) is 0 Å². The Labute approximate surface area is 139 Å². The second kappa shape index (κ2) is 7.51. The Morgan fingerprint density at radius 1 is 1.13 bits per heavy atom. The van der Waals surface area contributed by atoms with Crippen molar-refractivity contribution in [2.24, 2.45) is 0 Å². The third-order valence-electron chi connectivity index (χ3n) is 3.97. The van der Waals surface area contributed by atoms with Crippen LogP contribution in [0.4, 0.5) is 0 Å². The Hall–Kier alpha value is -1.30. The van der Waals surface area contributed by atoms with Crippen molar-refractivity contribution in [2.45, 2.75) is 45.4 Å². The maximum absolute atomic E-state index is 10.2. The van der Waals surface area contributed by atoms with Crippen LogP contribution in [-0.2, 0) is 17.7 Å². The summed E-state index contributed by atoms with van der Waals surface area (Å²) < 4.78 is 16.4. The van der Waals surface area contributed by atoms with Crippen molar-refractivity contribution >= 4 is 0 Å². The lowest BCUT2D eigenvalue weighted by atomic mass is 9.98. The maximum atomic E-state index is 10.2. The zero-order valence-electron chi connectivity index (χ0n) is 14.9. The van der Waals surface area contributed by atoms with Crippen molar-refractivity contribution < 1.29 is 19.3 Å². The van der Waals surface area contributed by atoms with Gasteiger partial charge in [0.05, 0.1) is 32.5 Å². The molecule has 0 aromatic heterocycles. The molecule has 1 aliphatic heterocycles. The van der Waals surface area contributed by atoms with Gasteiger partial charge in [0.1, 0.15) is 0 Å². The van der Waals surface area contributed by atoms with E-state index in [0.717, 1.165) is 31.0 Å². The number of methoxy groups -OCH3 is 2. The quantitative estimate of drug-likeness (QED) is 0.870. The maximum Gasteiger partial charge on any atom is 0.161 e. The SMILES string of the molecule is COc1cc2c(cc1OC)CN(C[C@H](O)COC(C)(C)C)CC2. The van der Waals surface area contributed by atoms with Crippen molar-refractivity contribution in [3.05, 3.63) is 23.3 Å². The van der Waals surface area contributed by atoms with Crippen molar-refractivity contribution in [3.63, 3.8) is 0 Å². The van der Waals surface area contributed by atoms with E-state index >= 15 is 0 Å². The van der Waals surface area contributed by atoms with E-state index in [9.17, 15) is 5.11 Å². The molecule has 1 aliphatic rings. The van der Waals surface area contributed by atoms with Crippen LogP contribution in [-0.4, -0.2) is 55.6 Å². The normalized spacial score (nSPS) is 16.8. The monoisotopic (exact) mass is 323 g/mol. The van der Waals surface area contributed by atoms with E-state index in [2.05, 4.69) is 11.0 Å². The number of benzene rings is 1. The van der Waals surface area contributed by atoms with Crippen LogP contribution in [0, 0.1) is 0 Å². The molecule has 130 valence electrons. The van der Waals surface area contributed by atoms with Gasteiger partial charge in [0.15, 0.2) is 11.5 Å². The van der Waals surface area contributed by atoms with Gasteiger partial charge < -0.3 is 19.3 Å². The summed E-state index contributed by atoms with van der Waals surface area (Å²) >= 11 is 0. The first-order valence-electron chi connectivity index (χ1n) is 8.10. The molecule has 1 aromatic carbocycles. The molecule has 1 aromatic rings. The molecule has 0 aliphatic carbocycles. The molecule has 0 unspecified atom stereocenters. The number of aliphatic hydroxyl groups excluding tert-OH is 1. The van der Waals surface area contributed by atoms with Crippen LogP contribution in [0.1, 0.15) is 31.9 Å². The Bertz CT molecular complexity index is 524. The van der Waals surface area contributed by atoms with E-state index in [1.54, 1.807) is 14.2 Å². The Morgan fingerprint density at radius 3 is 2.30 bits per heavy atom. The van der Waals surface area contributed by atoms with E-state index < -0.39 is 6.10 Å².